The lowest BCUT2D eigenvalue weighted by atomic mass is 9.83. The van der Waals surface area contributed by atoms with Gasteiger partial charge in [0.15, 0.2) is 16.3 Å². The van der Waals surface area contributed by atoms with Crippen LogP contribution in [0.4, 0.5) is 0 Å². The Morgan fingerprint density at radius 2 is 1.91 bits per heavy atom. The maximum Gasteiger partial charge on any atom is 0.271 e. The molecule has 7 heteroatoms. The number of para-hydroxylation sites is 1. The Labute approximate surface area is 206 Å². The van der Waals surface area contributed by atoms with Crippen LogP contribution in [0, 0.1) is 6.92 Å². The summed E-state index contributed by atoms with van der Waals surface area (Å²) in [4.78, 5) is 19.5. The number of ether oxygens (including phenoxy) is 2. The third-order valence-electron chi connectivity index (χ3n) is 6.64. The number of hydrogen-bond acceptors (Lipinski definition) is 6. The molecule has 0 fully saturated rings. The molecule has 2 aromatic heterocycles. The van der Waals surface area contributed by atoms with Gasteiger partial charge in [0.2, 0.25) is 0 Å². The van der Waals surface area contributed by atoms with Gasteiger partial charge in [-0.2, -0.15) is 0 Å². The number of benzene rings is 2. The Morgan fingerprint density at radius 1 is 1.06 bits per heavy atom. The molecule has 35 heavy (non-hydrogen) atoms. The Hall–Kier alpha value is -3.84. The average Bonchev–Trinajstić information content (AvgIpc) is 3.44. The molecule has 0 amide bonds. The maximum atomic E-state index is 13.8. The zero-order valence-corrected chi connectivity index (χ0v) is 20.5. The van der Waals surface area contributed by atoms with Gasteiger partial charge >= 0.3 is 0 Å². The van der Waals surface area contributed by atoms with Crippen LogP contribution < -0.4 is 24.4 Å². The van der Waals surface area contributed by atoms with Crippen LogP contribution in [0.5, 0.6) is 11.5 Å². The average molecular weight is 485 g/mol. The zero-order chi connectivity index (χ0) is 24.1. The molecule has 3 heterocycles. The van der Waals surface area contributed by atoms with E-state index >= 15 is 0 Å². The van der Waals surface area contributed by atoms with E-state index in [9.17, 15) is 4.79 Å². The van der Waals surface area contributed by atoms with E-state index in [1.54, 1.807) is 24.9 Å². The van der Waals surface area contributed by atoms with Crippen molar-refractivity contribution < 1.29 is 13.9 Å². The fourth-order valence-corrected chi connectivity index (χ4v) is 6.07. The third kappa shape index (κ3) is 3.46. The van der Waals surface area contributed by atoms with Crippen molar-refractivity contribution in [2.24, 2.45) is 4.99 Å². The molecule has 1 atom stereocenters. The molecular weight excluding hydrogens is 460 g/mol. The van der Waals surface area contributed by atoms with Gasteiger partial charge in [0.25, 0.3) is 5.56 Å². The van der Waals surface area contributed by atoms with Crippen molar-refractivity contribution in [3.05, 3.63) is 108 Å². The van der Waals surface area contributed by atoms with Crippen LogP contribution in [0.2, 0.25) is 0 Å². The van der Waals surface area contributed by atoms with Gasteiger partial charge in [-0.3, -0.25) is 9.36 Å². The van der Waals surface area contributed by atoms with Gasteiger partial charge in [-0.15, -0.1) is 0 Å². The highest BCUT2D eigenvalue weighted by molar-refractivity contribution is 7.07. The maximum absolute atomic E-state index is 13.8. The Morgan fingerprint density at radius 3 is 2.69 bits per heavy atom. The quantitative estimate of drug-likeness (QED) is 0.435. The molecule has 6 nitrogen and oxygen atoms in total. The summed E-state index contributed by atoms with van der Waals surface area (Å²) in [6, 6.07) is 17.6. The first-order valence-corrected chi connectivity index (χ1v) is 12.3. The van der Waals surface area contributed by atoms with E-state index in [2.05, 4.69) is 18.2 Å². The summed E-state index contributed by atoms with van der Waals surface area (Å²) in [5.74, 6) is 2.71. The molecule has 6 rings (SSSR count). The van der Waals surface area contributed by atoms with Crippen molar-refractivity contribution in [3.63, 3.8) is 0 Å². The van der Waals surface area contributed by atoms with Crippen LogP contribution in [0.25, 0.3) is 11.8 Å². The van der Waals surface area contributed by atoms with Crippen molar-refractivity contribution in [1.82, 2.24) is 4.57 Å². The lowest BCUT2D eigenvalue weighted by Gasteiger charge is -2.31. The van der Waals surface area contributed by atoms with Gasteiger partial charge in [0.05, 0.1) is 30.5 Å². The Kier molecular flexibility index (Phi) is 5.22. The van der Waals surface area contributed by atoms with Crippen molar-refractivity contribution in [3.8, 4) is 11.5 Å². The van der Waals surface area contributed by atoms with Gasteiger partial charge in [0, 0.05) is 17.2 Å². The summed E-state index contributed by atoms with van der Waals surface area (Å²) in [7, 11) is 3.26. The van der Waals surface area contributed by atoms with E-state index in [0.29, 0.717) is 26.6 Å². The molecule has 1 aliphatic carbocycles. The van der Waals surface area contributed by atoms with Gasteiger partial charge in [-0.05, 0) is 49.1 Å². The number of fused-ring (bicyclic) bond motifs is 3. The largest absolute Gasteiger partial charge is 0.493 e. The van der Waals surface area contributed by atoms with Crippen LogP contribution in [0.15, 0.2) is 74.4 Å². The predicted octanol–water partition coefficient (Wildman–Crippen LogP) is 4.24. The van der Waals surface area contributed by atoms with Gasteiger partial charge in [-0.25, -0.2) is 4.99 Å². The zero-order valence-electron chi connectivity index (χ0n) is 19.7. The summed E-state index contributed by atoms with van der Waals surface area (Å²) < 4.78 is 19.5. The molecular formula is C28H24N2O4S. The number of allylic oxidation sites excluding steroid dienone is 1. The molecule has 0 saturated carbocycles. The first-order chi connectivity index (χ1) is 17.1. The number of aryl methyl sites for hydroxylation is 2. The van der Waals surface area contributed by atoms with E-state index in [1.807, 2.05) is 43.3 Å². The molecule has 0 N–H and O–H groups in total. The molecule has 0 saturated heterocycles. The van der Waals surface area contributed by atoms with Crippen molar-refractivity contribution in [2.75, 3.05) is 14.2 Å². The van der Waals surface area contributed by atoms with Crippen LogP contribution in [-0.4, -0.2) is 18.8 Å². The molecule has 2 aliphatic rings. The van der Waals surface area contributed by atoms with Gasteiger partial charge in [0.1, 0.15) is 11.5 Å². The highest BCUT2D eigenvalue weighted by atomic mass is 32.1. The molecule has 0 spiro atoms. The number of hydrogen-bond donors (Lipinski definition) is 0. The smallest absolute Gasteiger partial charge is 0.271 e. The van der Waals surface area contributed by atoms with Crippen molar-refractivity contribution in [1.29, 1.82) is 0 Å². The lowest BCUT2D eigenvalue weighted by Crippen LogP contribution is -2.39. The first-order valence-electron chi connectivity index (χ1n) is 11.5. The highest BCUT2D eigenvalue weighted by Gasteiger charge is 2.34. The minimum Gasteiger partial charge on any atom is -0.493 e. The molecule has 0 bridgehead atoms. The van der Waals surface area contributed by atoms with E-state index < -0.39 is 0 Å². The number of aromatic nitrogens is 1. The monoisotopic (exact) mass is 484 g/mol. The van der Waals surface area contributed by atoms with Crippen LogP contribution >= 0.6 is 11.3 Å². The molecule has 1 aliphatic heterocycles. The summed E-state index contributed by atoms with van der Waals surface area (Å²) >= 11 is 1.38. The second kappa shape index (κ2) is 8.43. The van der Waals surface area contributed by atoms with Crippen molar-refractivity contribution in [2.45, 2.75) is 25.8 Å². The third-order valence-corrected chi connectivity index (χ3v) is 7.62. The number of rotatable bonds is 4. The van der Waals surface area contributed by atoms with Crippen LogP contribution in [0.3, 0.4) is 0 Å². The second-order valence-corrected chi connectivity index (χ2v) is 9.65. The molecule has 0 radical (unpaired) electrons. The van der Waals surface area contributed by atoms with E-state index in [0.717, 1.165) is 41.0 Å². The topological polar surface area (TPSA) is 66.0 Å². The Balaban J connectivity index is 1.67. The first kappa shape index (κ1) is 21.7. The fourth-order valence-electron chi connectivity index (χ4n) is 5.09. The summed E-state index contributed by atoms with van der Waals surface area (Å²) in [5, 5.41) is 0. The van der Waals surface area contributed by atoms with E-state index in [-0.39, 0.29) is 11.6 Å². The van der Waals surface area contributed by atoms with Gasteiger partial charge in [-0.1, -0.05) is 47.7 Å². The summed E-state index contributed by atoms with van der Waals surface area (Å²) in [6.07, 6.45) is 3.50. The lowest BCUT2D eigenvalue weighted by molar-refractivity contribution is 0.348. The molecule has 0 unspecified atom stereocenters. The normalized spacial score (nSPS) is 16.9. The number of thiazole rings is 1. The van der Waals surface area contributed by atoms with Crippen LogP contribution in [0.1, 0.15) is 40.7 Å². The summed E-state index contributed by atoms with van der Waals surface area (Å²) in [5.41, 5.74) is 5.25. The predicted molar refractivity (Wildman–Crippen MR) is 136 cm³/mol. The second-order valence-electron chi connectivity index (χ2n) is 8.64. The Bertz CT molecular complexity index is 1670. The standard InChI is InChI=1S/C28H24N2O4S/c1-16-11-13-18(34-16)15-23-27(31)30-25(21-9-6-10-22(32-2)26(21)33-3)20-14-12-17-7-4-5-8-19(17)24(20)29-28(30)35-23/h4-11,13,15,25H,12,14H2,1-3H3/b23-15+/t25-/m1/s1. The number of nitrogens with zero attached hydrogens (tertiary/aromatic N) is 2. The van der Waals surface area contributed by atoms with Gasteiger partial charge < -0.3 is 13.9 Å². The van der Waals surface area contributed by atoms with Crippen molar-refractivity contribution >= 4 is 23.1 Å². The fraction of sp³-hybridized carbons (Fsp3) is 0.214. The SMILES string of the molecule is COc1cccc([C@H]2C3=C(N=c4s/c(=C/c5ccc(C)o5)c(=O)n42)c2ccccc2CC3)c1OC. The van der Waals surface area contributed by atoms with Crippen LogP contribution in [-0.2, 0) is 6.42 Å². The number of furan rings is 1. The molecule has 4 aromatic rings. The van der Waals surface area contributed by atoms with E-state index in [4.69, 9.17) is 18.9 Å². The minimum absolute atomic E-state index is 0.0944. The summed E-state index contributed by atoms with van der Waals surface area (Å²) in [6.45, 7) is 1.89. The molecule has 176 valence electrons. The molecule has 2 aromatic carbocycles. The minimum atomic E-state index is -0.347. The number of methoxy groups -OCH3 is 2. The van der Waals surface area contributed by atoms with E-state index in [1.165, 1.54) is 16.9 Å². The highest BCUT2D eigenvalue weighted by Crippen LogP contribution is 2.45.